The third-order valence-corrected chi connectivity index (χ3v) is 1.21. The van der Waals surface area contributed by atoms with Gasteiger partial charge in [0, 0.05) is 12.3 Å². The fourth-order valence-corrected chi connectivity index (χ4v) is 0.717. The third kappa shape index (κ3) is 2.10. The Kier molecular flexibility index (Phi) is 2.86. The van der Waals surface area contributed by atoms with Gasteiger partial charge in [-0.05, 0) is 6.07 Å². The van der Waals surface area contributed by atoms with Crippen molar-refractivity contribution in [3.8, 4) is 11.8 Å². The van der Waals surface area contributed by atoms with Crippen molar-refractivity contribution in [2.75, 3.05) is 6.61 Å². The average Bonchev–Trinajstić information content (AvgIpc) is 2.15. The summed E-state index contributed by atoms with van der Waals surface area (Å²) < 4.78 is 5.19. The topological polar surface area (TPSA) is 45.9 Å². The fraction of sp³-hybridized carbons (Fsp3) is 0.111. The van der Waals surface area contributed by atoms with Crippen LogP contribution in [-0.2, 0) is 0 Å². The fourth-order valence-electron chi connectivity index (χ4n) is 0.717. The molecule has 0 unspecified atom stereocenters. The van der Waals surface area contributed by atoms with E-state index in [9.17, 15) is 0 Å². The quantitative estimate of drug-likeness (QED) is 0.630. The van der Waals surface area contributed by atoms with Crippen LogP contribution in [-0.4, -0.2) is 11.6 Å². The van der Waals surface area contributed by atoms with Crippen LogP contribution in [0.15, 0.2) is 31.0 Å². The number of hydrogen-bond acceptors (Lipinski definition) is 3. The van der Waals surface area contributed by atoms with Gasteiger partial charge in [0.1, 0.15) is 24.1 Å². The lowest BCUT2D eigenvalue weighted by molar-refractivity contribution is 0.362. The number of ether oxygens (including phenoxy) is 1. The van der Waals surface area contributed by atoms with Crippen LogP contribution < -0.4 is 4.74 Å². The monoisotopic (exact) mass is 160 g/mol. The van der Waals surface area contributed by atoms with Crippen LogP contribution in [0.5, 0.6) is 5.75 Å². The maximum Gasteiger partial charge on any atom is 0.144 e. The minimum atomic E-state index is 0.358. The third-order valence-electron chi connectivity index (χ3n) is 1.21. The van der Waals surface area contributed by atoms with Gasteiger partial charge in [0.05, 0.1) is 0 Å². The number of rotatable bonds is 3. The van der Waals surface area contributed by atoms with Gasteiger partial charge in [-0.25, -0.2) is 4.98 Å². The van der Waals surface area contributed by atoms with E-state index in [1.807, 2.05) is 6.07 Å². The zero-order chi connectivity index (χ0) is 8.81. The van der Waals surface area contributed by atoms with E-state index in [0.717, 1.165) is 0 Å². The zero-order valence-corrected chi connectivity index (χ0v) is 6.53. The lowest BCUT2D eigenvalue weighted by atomic mass is 10.3. The minimum Gasteiger partial charge on any atom is -0.489 e. The van der Waals surface area contributed by atoms with Gasteiger partial charge in [0.15, 0.2) is 0 Å². The van der Waals surface area contributed by atoms with Crippen molar-refractivity contribution in [1.82, 2.24) is 4.98 Å². The minimum absolute atomic E-state index is 0.358. The highest BCUT2D eigenvalue weighted by Crippen LogP contribution is 2.09. The predicted molar refractivity (Wildman–Crippen MR) is 44.6 cm³/mol. The van der Waals surface area contributed by atoms with Gasteiger partial charge in [0.2, 0.25) is 0 Å². The second-order valence-corrected chi connectivity index (χ2v) is 2.09. The Bertz CT molecular complexity index is 315. The number of pyridine rings is 1. The molecule has 0 bridgehead atoms. The Labute approximate surface area is 70.9 Å². The predicted octanol–water partition coefficient (Wildman–Crippen LogP) is 1.52. The van der Waals surface area contributed by atoms with Crippen molar-refractivity contribution in [2.24, 2.45) is 0 Å². The van der Waals surface area contributed by atoms with Crippen molar-refractivity contribution >= 4 is 0 Å². The summed E-state index contributed by atoms with van der Waals surface area (Å²) in [5.41, 5.74) is 0.358. The van der Waals surface area contributed by atoms with Crippen LogP contribution in [0.25, 0.3) is 0 Å². The van der Waals surface area contributed by atoms with Crippen molar-refractivity contribution in [3.63, 3.8) is 0 Å². The van der Waals surface area contributed by atoms with E-state index in [2.05, 4.69) is 11.6 Å². The molecule has 0 fully saturated rings. The maximum absolute atomic E-state index is 8.50. The molecule has 0 N–H and O–H groups in total. The molecule has 1 aromatic heterocycles. The molecular weight excluding hydrogens is 152 g/mol. The Morgan fingerprint density at radius 1 is 1.75 bits per heavy atom. The average molecular weight is 160 g/mol. The van der Waals surface area contributed by atoms with E-state index in [0.29, 0.717) is 18.1 Å². The first-order valence-electron chi connectivity index (χ1n) is 3.46. The summed E-state index contributed by atoms with van der Waals surface area (Å²) in [6, 6.07) is 5.21. The standard InChI is InChI=1S/C9H8N2O/c1-2-5-12-9-3-4-11-8(6-9)7-10/h2-4,6H,1,5H2. The molecule has 0 aliphatic heterocycles. The van der Waals surface area contributed by atoms with E-state index >= 15 is 0 Å². The Hall–Kier alpha value is -1.82. The lowest BCUT2D eigenvalue weighted by Crippen LogP contribution is -1.93. The molecule has 0 saturated carbocycles. The summed E-state index contributed by atoms with van der Waals surface area (Å²) in [6.45, 7) is 3.95. The smallest absolute Gasteiger partial charge is 0.144 e. The van der Waals surface area contributed by atoms with Crippen molar-refractivity contribution < 1.29 is 4.74 Å². The summed E-state index contributed by atoms with van der Waals surface area (Å²) in [7, 11) is 0. The normalized spacial score (nSPS) is 8.58. The van der Waals surface area contributed by atoms with E-state index in [-0.39, 0.29) is 0 Å². The van der Waals surface area contributed by atoms with Crippen molar-refractivity contribution in [2.45, 2.75) is 0 Å². The molecule has 1 aromatic rings. The van der Waals surface area contributed by atoms with Gasteiger partial charge in [-0.15, -0.1) is 0 Å². The highest BCUT2D eigenvalue weighted by molar-refractivity contribution is 5.29. The number of nitrogens with zero attached hydrogens (tertiary/aromatic N) is 2. The van der Waals surface area contributed by atoms with Crippen LogP contribution in [0, 0.1) is 11.3 Å². The molecule has 0 aromatic carbocycles. The molecular formula is C9H8N2O. The number of nitriles is 1. The molecule has 12 heavy (non-hydrogen) atoms. The van der Waals surface area contributed by atoms with Gasteiger partial charge in [-0.2, -0.15) is 5.26 Å². The van der Waals surface area contributed by atoms with E-state index in [4.69, 9.17) is 10.00 Å². The Balaban J connectivity index is 2.74. The van der Waals surface area contributed by atoms with E-state index in [1.54, 1.807) is 18.2 Å². The molecule has 1 heterocycles. The second-order valence-electron chi connectivity index (χ2n) is 2.09. The van der Waals surface area contributed by atoms with Crippen LogP contribution in [0.3, 0.4) is 0 Å². The Morgan fingerprint density at radius 3 is 3.25 bits per heavy atom. The molecule has 3 heteroatoms. The summed E-state index contributed by atoms with van der Waals surface area (Å²) in [6.07, 6.45) is 3.18. The summed E-state index contributed by atoms with van der Waals surface area (Å²) in [4.78, 5) is 3.80. The van der Waals surface area contributed by atoms with Crippen molar-refractivity contribution in [3.05, 3.63) is 36.7 Å². The largest absolute Gasteiger partial charge is 0.489 e. The van der Waals surface area contributed by atoms with Gasteiger partial charge in [-0.3, -0.25) is 0 Å². The summed E-state index contributed by atoms with van der Waals surface area (Å²) in [5, 5.41) is 8.50. The van der Waals surface area contributed by atoms with Crippen LogP contribution in [0.1, 0.15) is 5.69 Å². The van der Waals surface area contributed by atoms with E-state index in [1.165, 1.54) is 6.20 Å². The molecule has 0 saturated heterocycles. The van der Waals surface area contributed by atoms with Crippen LogP contribution in [0.2, 0.25) is 0 Å². The van der Waals surface area contributed by atoms with Gasteiger partial charge < -0.3 is 4.74 Å². The molecule has 1 rings (SSSR count). The molecule has 0 aliphatic rings. The van der Waals surface area contributed by atoms with Crippen LogP contribution >= 0.6 is 0 Å². The highest BCUT2D eigenvalue weighted by Gasteiger charge is 1.94. The first-order valence-corrected chi connectivity index (χ1v) is 3.46. The molecule has 0 atom stereocenters. The number of aromatic nitrogens is 1. The summed E-state index contributed by atoms with van der Waals surface area (Å²) in [5.74, 6) is 0.640. The number of hydrogen-bond donors (Lipinski definition) is 0. The molecule has 0 aliphatic carbocycles. The van der Waals surface area contributed by atoms with Crippen molar-refractivity contribution in [1.29, 1.82) is 5.26 Å². The Morgan fingerprint density at radius 2 is 2.58 bits per heavy atom. The van der Waals surface area contributed by atoms with Crippen LogP contribution in [0.4, 0.5) is 0 Å². The van der Waals surface area contributed by atoms with Gasteiger partial charge >= 0.3 is 0 Å². The van der Waals surface area contributed by atoms with E-state index < -0.39 is 0 Å². The lowest BCUT2D eigenvalue weighted by Gasteiger charge is -2.00. The van der Waals surface area contributed by atoms with Gasteiger partial charge in [-0.1, -0.05) is 12.7 Å². The molecule has 0 amide bonds. The summed E-state index contributed by atoms with van der Waals surface area (Å²) >= 11 is 0. The first kappa shape index (κ1) is 8.28. The van der Waals surface area contributed by atoms with Gasteiger partial charge in [0.25, 0.3) is 0 Å². The molecule has 0 radical (unpaired) electrons. The molecule has 60 valence electrons. The highest BCUT2D eigenvalue weighted by atomic mass is 16.5. The molecule has 0 spiro atoms. The second kappa shape index (κ2) is 4.14. The zero-order valence-electron chi connectivity index (χ0n) is 6.53. The maximum atomic E-state index is 8.50. The molecule has 3 nitrogen and oxygen atoms in total. The first-order chi connectivity index (χ1) is 5.86. The SMILES string of the molecule is C=CCOc1ccnc(C#N)c1.